The van der Waals surface area contributed by atoms with Crippen LogP contribution >= 0.6 is 0 Å². The van der Waals surface area contributed by atoms with Crippen LogP contribution in [0.25, 0.3) is 0 Å². The Balaban J connectivity index is 1.80. The zero-order valence-electron chi connectivity index (χ0n) is 11.1. The minimum atomic E-state index is 0.368. The largest absolute Gasteiger partial charge is 0.309 e. The molecule has 1 saturated heterocycles. The number of hydrogen-bond acceptors (Lipinski definition) is 2. The lowest BCUT2D eigenvalue weighted by Gasteiger charge is -2.42. The zero-order valence-corrected chi connectivity index (χ0v) is 11.1. The van der Waals surface area contributed by atoms with Crippen LogP contribution in [0.3, 0.4) is 0 Å². The van der Waals surface area contributed by atoms with Crippen LogP contribution in [0.2, 0.25) is 0 Å². The fourth-order valence-corrected chi connectivity index (χ4v) is 3.27. The molecule has 2 aliphatic rings. The van der Waals surface area contributed by atoms with E-state index in [4.69, 9.17) is 0 Å². The van der Waals surface area contributed by atoms with Crippen molar-refractivity contribution in [1.29, 1.82) is 0 Å². The van der Waals surface area contributed by atoms with Gasteiger partial charge >= 0.3 is 0 Å². The molecule has 1 N–H and O–H groups in total. The van der Waals surface area contributed by atoms with Gasteiger partial charge in [0.15, 0.2) is 0 Å². The van der Waals surface area contributed by atoms with E-state index in [9.17, 15) is 0 Å². The molecule has 1 unspecified atom stereocenters. The lowest BCUT2D eigenvalue weighted by atomic mass is 9.88. The van der Waals surface area contributed by atoms with Crippen molar-refractivity contribution >= 4 is 0 Å². The third-order valence-electron chi connectivity index (χ3n) is 4.57. The van der Waals surface area contributed by atoms with Crippen LogP contribution in [0.1, 0.15) is 52.4 Å². The summed E-state index contributed by atoms with van der Waals surface area (Å²) in [6.45, 7) is 9.72. The smallest absolute Gasteiger partial charge is 0.0278 e. The molecule has 0 bridgehead atoms. The van der Waals surface area contributed by atoms with Gasteiger partial charge in [-0.05, 0) is 32.1 Å². The molecule has 0 spiro atoms. The van der Waals surface area contributed by atoms with E-state index in [1.807, 2.05) is 0 Å². The van der Waals surface area contributed by atoms with E-state index >= 15 is 0 Å². The third kappa shape index (κ3) is 3.21. The van der Waals surface area contributed by atoms with Gasteiger partial charge < -0.3 is 5.32 Å². The van der Waals surface area contributed by atoms with Crippen molar-refractivity contribution in [2.45, 2.75) is 57.9 Å². The molecule has 1 saturated carbocycles. The van der Waals surface area contributed by atoms with Gasteiger partial charge in [-0.2, -0.15) is 0 Å². The summed E-state index contributed by atoms with van der Waals surface area (Å²) in [6.07, 6.45) is 8.63. The Morgan fingerprint density at radius 3 is 2.69 bits per heavy atom. The molecule has 0 aromatic heterocycles. The first kappa shape index (κ1) is 12.4. The SMILES string of the molecule is CCC1(C)CN(CC2CCCCC2)CCN1. The van der Waals surface area contributed by atoms with E-state index in [0.29, 0.717) is 5.54 Å². The zero-order chi connectivity index (χ0) is 11.4. The summed E-state index contributed by atoms with van der Waals surface area (Å²) < 4.78 is 0. The quantitative estimate of drug-likeness (QED) is 0.793. The van der Waals surface area contributed by atoms with Crippen molar-refractivity contribution < 1.29 is 0 Å². The minimum absolute atomic E-state index is 0.368. The maximum Gasteiger partial charge on any atom is 0.0278 e. The van der Waals surface area contributed by atoms with Gasteiger partial charge in [0.1, 0.15) is 0 Å². The van der Waals surface area contributed by atoms with Crippen LogP contribution in [0, 0.1) is 5.92 Å². The maximum absolute atomic E-state index is 3.67. The molecule has 0 radical (unpaired) electrons. The standard InChI is InChI=1S/C14H28N2/c1-3-14(2)12-16(10-9-15-14)11-13-7-5-4-6-8-13/h13,15H,3-12H2,1-2H3. The van der Waals surface area contributed by atoms with Crippen molar-refractivity contribution in [2.24, 2.45) is 5.92 Å². The fraction of sp³-hybridized carbons (Fsp3) is 1.00. The molecule has 16 heavy (non-hydrogen) atoms. The van der Waals surface area contributed by atoms with Crippen LogP contribution in [0.4, 0.5) is 0 Å². The van der Waals surface area contributed by atoms with Crippen molar-refractivity contribution in [2.75, 3.05) is 26.2 Å². The summed E-state index contributed by atoms with van der Waals surface area (Å²) in [5.74, 6) is 0.993. The lowest BCUT2D eigenvalue weighted by Crippen LogP contribution is -2.59. The van der Waals surface area contributed by atoms with Crippen molar-refractivity contribution in [3.05, 3.63) is 0 Å². The highest BCUT2D eigenvalue weighted by atomic mass is 15.2. The molecule has 94 valence electrons. The molecule has 0 amide bonds. The van der Waals surface area contributed by atoms with Crippen molar-refractivity contribution in [1.82, 2.24) is 10.2 Å². The molecule has 1 aliphatic heterocycles. The summed E-state index contributed by atoms with van der Waals surface area (Å²) in [4.78, 5) is 2.70. The number of rotatable bonds is 3. The monoisotopic (exact) mass is 224 g/mol. The second kappa shape index (κ2) is 5.50. The van der Waals surface area contributed by atoms with Crippen LogP contribution in [0.15, 0.2) is 0 Å². The maximum atomic E-state index is 3.67. The van der Waals surface area contributed by atoms with Gasteiger partial charge in [0.2, 0.25) is 0 Å². The van der Waals surface area contributed by atoms with Crippen LogP contribution in [-0.2, 0) is 0 Å². The van der Waals surface area contributed by atoms with Gasteiger partial charge in [-0.3, -0.25) is 4.90 Å². The first-order valence-corrected chi connectivity index (χ1v) is 7.19. The second-order valence-electron chi connectivity index (χ2n) is 6.08. The highest BCUT2D eigenvalue weighted by molar-refractivity contribution is 4.90. The first-order chi connectivity index (χ1) is 7.72. The van der Waals surface area contributed by atoms with Crippen LogP contribution in [-0.4, -0.2) is 36.6 Å². The molecule has 2 fully saturated rings. The predicted molar refractivity (Wildman–Crippen MR) is 69.7 cm³/mol. The van der Waals surface area contributed by atoms with Crippen LogP contribution < -0.4 is 5.32 Å². The normalized spacial score (nSPS) is 34.1. The summed E-state index contributed by atoms with van der Waals surface area (Å²) in [6, 6.07) is 0. The Hall–Kier alpha value is -0.0800. The van der Waals surface area contributed by atoms with Crippen molar-refractivity contribution in [3.8, 4) is 0 Å². The molecular formula is C14H28N2. The van der Waals surface area contributed by atoms with Crippen LogP contribution in [0.5, 0.6) is 0 Å². The fourth-order valence-electron chi connectivity index (χ4n) is 3.27. The van der Waals surface area contributed by atoms with Gasteiger partial charge in [0.25, 0.3) is 0 Å². The lowest BCUT2D eigenvalue weighted by molar-refractivity contribution is 0.113. The van der Waals surface area contributed by atoms with E-state index in [1.54, 1.807) is 0 Å². The van der Waals surface area contributed by atoms with Gasteiger partial charge in [0.05, 0.1) is 0 Å². The number of hydrogen-bond donors (Lipinski definition) is 1. The minimum Gasteiger partial charge on any atom is -0.309 e. The van der Waals surface area contributed by atoms with Gasteiger partial charge in [-0.25, -0.2) is 0 Å². The average Bonchev–Trinajstić information content (AvgIpc) is 2.30. The first-order valence-electron chi connectivity index (χ1n) is 7.19. The Morgan fingerprint density at radius 2 is 2.00 bits per heavy atom. The van der Waals surface area contributed by atoms with E-state index in [2.05, 4.69) is 24.1 Å². The molecule has 2 nitrogen and oxygen atoms in total. The molecule has 1 heterocycles. The van der Waals surface area contributed by atoms with Gasteiger partial charge in [-0.15, -0.1) is 0 Å². The second-order valence-corrected chi connectivity index (χ2v) is 6.08. The molecular weight excluding hydrogens is 196 g/mol. The molecule has 0 aromatic rings. The van der Waals surface area contributed by atoms with Gasteiger partial charge in [-0.1, -0.05) is 26.2 Å². The third-order valence-corrected chi connectivity index (χ3v) is 4.57. The van der Waals surface area contributed by atoms with E-state index in [0.717, 1.165) is 5.92 Å². The van der Waals surface area contributed by atoms with E-state index < -0.39 is 0 Å². The summed E-state index contributed by atoms with van der Waals surface area (Å²) in [7, 11) is 0. The Morgan fingerprint density at radius 1 is 1.25 bits per heavy atom. The average molecular weight is 224 g/mol. The molecule has 0 aromatic carbocycles. The van der Waals surface area contributed by atoms with E-state index in [-0.39, 0.29) is 0 Å². The highest BCUT2D eigenvalue weighted by Gasteiger charge is 2.29. The Bertz CT molecular complexity index is 211. The molecule has 1 atom stereocenters. The van der Waals surface area contributed by atoms with Crippen molar-refractivity contribution in [3.63, 3.8) is 0 Å². The molecule has 2 rings (SSSR count). The topological polar surface area (TPSA) is 15.3 Å². The Kier molecular flexibility index (Phi) is 4.26. The number of nitrogens with one attached hydrogen (secondary N) is 1. The Labute approximate surface area is 101 Å². The van der Waals surface area contributed by atoms with Gasteiger partial charge in [0, 0.05) is 31.7 Å². The highest BCUT2D eigenvalue weighted by Crippen LogP contribution is 2.25. The summed E-state index contributed by atoms with van der Waals surface area (Å²) in [5, 5.41) is 3.67. The van der Waals surface area contributed by atoms with E-state index in [1.165, 1.54) is 64.7 Å². The summed E-state index contributed by atoms with van der Waals surface area (Å²) >= 11 is 0. The number of piperazine rings is 1. The number of nitrogens with zero attached hydrogens (tertiary/aromatic N) is 1. The molecule has 1 aliphatic carbocycles. The predicted octanol–water partition coefficient (Wildman–Crippen LogP) is 2.64. The molecule has 2 heteroatoms. The summed E-state index contributed by atoms with van der Waals surface area (Å²) in [5.41, 5.74) is 0.368.